The fourth-order valence-electron chi connectivity index (χ4n) is 3.97. The fourth-order valence-corrected chi connectivity index (χ4v) is 5.34. The summed E-state index contributed by atoms with van der Waals surface area (Å²) in [6, 6.07) is 13.5. The molecule has 11 heteroatoms. The molecule has 3 aromatic rings. The van der Waals surface area contributed by atoms with Gasteiger partial charge in [0.05, 0.1) is 21.6 Å². The molecular weight excluding hydrogens is 538 g/mol. The van der Waals surface area contributed by atoms with Gasteiger partial charge in [-0.3, -0.25) is 0 Å². The summed E-state index contributed by atoms with van der Waals surface area (Å²) < 4.78 is 55.1. The molecular formula is C27H29ClF2N2O5S. The van der Waals surface area contributed by atoms with Crippen molar-refractivity contribution in [3.05, 3.63) is 88.4 Å². The molecule has 0 aliphatic carbocycles. The maximum atomic E-state index is 13.9. The maximum Gasteiger partial charge on any atom is 0.335 e. The number of aliphatic hydroxyl groups is 1. The molecule has 0 heterocycles. The zero-order valence-corrected chi connectivity index (χ0v) is 22.7. The number of carboxylic acid groups (broad SMARTS) is 1. The molecule has 0 fully saturated rings. The molecule has 7 nitrogen and oxygen atoms in total. The van der Waals surface area contributed by atoms with Crippen molar-refractivity contribution < 1.29 is 32.2 Å². The second kappa shape index (κ2) is 11.9. The first kappa shape index (κ1) is 29.7. The van der Waals surface area contributed by atoms with Gasteiger partial charge >= 0.3 is 5.97 Å². The highest BCUT2D eigenvalue weighted by atomic mass is 35.5. The molecule has 0 aliphatic heterocycles. The summed E-state index contributed by atoms with van der Waals surface area (Å²) in [6.07, 6.45) is -0.612. The van der Waals surface area contributed by atoms with Crippen LogP contribution < -0.4 is 5.32 Å². The summed E-state index contributed by atoms with van der Waals surface area (Å²) in [4.78, 5) is 11.2. The molecule has 38 heavy (non-hydrogen) atoms. The van der Waals surface area contributed by atoms with Gasteiger partial charge < -0.3 is 15.5 Å². The maximum absolute atomic E-state index is 13.9. The summed E-state index contributed by atoms with van der Waals surface area (Å²) in [5, 5.41) is 22.9. The monoisotopic (exact) mass is 566 g/mol. The molecule has 0 radical (unpaired) electrons. The van der Waals surface area contributed by atoms with Crippen LogP contribution in [0.4, 0.5) is 8.78 Å². The molecule has 204 valence electrons. The fraction of sp³-hybridized carbons (Fsp3) is 0.296. The number of hydrogen-bond donors (Lipinski definition) is 3. The number of nitrogens with one attached hydrogen (secondary N) is 1. The van der Waals surface area contributed by atoms with Crippen molar-refractivity contribution in [2.75, 3.05) is 20.1 Å². The first-order chi connectivity index (χ1) is 17.7. The van der Waals surface area contributed by atoms with Crippen LogP contribution in [0.15, 0.2) is 65.6 Å². The summed E-state index contributed by atoms with van der Waals surface area (Å²) in [5.41, 5.74) is 0.461. The number of rotatable bonds is 11. The van der Waals surface area contributed by atoms with Crippen molar-refractivity contribution in [3.63, 3.8) is 0 Å². The molecule has 0 spiro atoms. The number of aromatic carboxylic acids is 1. The lowest BCUT2D eigenvalue weighted by atomic mass is 9.94. The Morgan fingerprint density at radius 1 is 1.08 bits per heavy atom. The number of aliphatic hydroxyl groups excluding tert-OH is 1. The van der Waals surface area contributed by atoms with Gasteiger partial charge in [-0.05, 0) is 79.4 Å². The number of β-amino-alcohol motifs (C(OH)–C–C–N with tert-alkyl or cyclic N) is 1. The van der Waals surface area contributed by atoms with Crippen LogP contribution in [0, 0.1) is 11.6 Å². The predicted molar refractivity (Wildman–Crippen MR) is 142 cm³/mol. The second-order valence-electron chi connectivity index (χ2n) is 9.69. The minimum absolute atomic E-state index is 0.0330. The van der Waals surface area contributed by atoms with Crippen LogP contribution in [-0.2, 0) is 16.4 Å². The van der Waals surface area contributed by atoms with E-state index in [1.807, 2.05) is 13.8 Å². The molecule has 3 rings (SSSR count). The van der Waals surface area contributed by atoms with Gasteiger partial charge in [-0.15, -0.1) is 0 Å². The number of halogens is 3. The van der Waals surface area contributed by atoms with Crippen LogP contribution in [0.2, 0.25) is 5.02 Å². The lowest BCUT2D eigenvalue weighted by Gasteiger charge is -2.29. The molecule has 0 amide bonds. The van der Waals surface area contributed by atoms with Gasteiger partial charge in [-0.25, -0.2) is 22.0 Å². The van der Waals surface area contributed by atoms with Crippen molar-refractivity contribution in [3.8, 4) is 11.1 Å². The van der Waals surface area contributed by atoms with Gasteiger partial charge in [0, 0.05) is 25.7 Å². The lowest BCUT2D eigenvalue weighted by Crippen LogP contribution is -2.47. The average Bonchev–Trinajstić information content (AvgIpc) is 2.84. The Labute approximate surface area is 225 Å². The quantitative estimate of drug-likeness (QED) is 0.314. The van der Waals surface area contributed by atoms with E-state index < -0.39 is 39.3 Å². The third-order valence-electron chi connectivity index (χ3n) is 5.93. The number of carbonyl (C=O) groups is 1. The number of hydrogen-bond acceptors (Lipinski definition) is 5. The summed E-state index contributed by atoms with van der Waals surface area (Å²) in [5.74, 6) is -2.58. The summed E-state index contributed by atoms with van der Waals surface area (Å²) in [6.45, 7) is 3.61. The average molecular weight is 567 g/mol. The summed E-state index contributed by atoms with van der Waals surface area (Å²) >= 11 is 5.73. The molecule has 0 saturated heterocycles. The highest BCUT2D eigenvalue weighted by Gasteiger charge is 2.25. The van der Waals surface area contributed by atoms with Crippen LogP contribution in [-0.4, -0.2) is 60.7 Å². The van der Waals surface area contributed by atoms with Crippen LogP contribution in [0.3, 0.4) is 0 Å². The van der Waals surface area contributed by atoms with Crippen LogP contribution in [0.25, 0.3) is 11.1 Å². The van der Waals surface area contributed by atoms with Crippen molar-refractivity contribution in [1.82, 2.24) is 9.62 Å². The molecule has 3 aromatic carbocycles. The van der Waals surface area contributed by atoms with E-state index in [2.05, 4.69) is 5.32 Å². The molecule has 0 aromatic heterocycles. The van der Waals surface area contributed by atoms with Gasteiger partial charge in [0.15, 0.2) is 0 Å². The van der Waals surface area contributed by atoms with E-state index in [9.17, 15) is 32.2 Å². The number of sulfonamides is 1. The van der Waals surface area contributed by atoms with E-state index in [0.29, 0.717) is 17.5 Å². The SMILES string of the molecule is CN(CC(O)CNC(C)(C)Cc1ccc(Cl)c(F)c1)S(=O)(=O)c1cccc(-c2cc(F)cc(C(=O)O)c2)c1. The number of carboxylic acids is 1. The minimum atomic E-state index is -4.03. The van der Waals surface area contributed by atoms with Crippen molar-refractivity contribution in [2.24, 2.45) is 0 Å². The molecule has 3 N–H and O–H groups in total. The Hall–Kier alpha value is -2.89. The topological polar surface area (TPSA) is 107 Å². The number of nitrogens with zero attached hydrogens (tertiary/aromatic N) is 1. The van der Waals surface area contributed by atoms with Crippen molar-refractivity contribution in [1.29, 1.82) is 0 Å². The third-order valence-corrected chi connectivity index (χ3v) is 8.06. The zero-order valence-electron chi connectivity index (χ0n) is 21.1. The van der Waals surface area contributed by atoms with Crippen LogP contribution in [0.1, 0.15) is 29.8 Å². The van der Waals surface area contributed by atoms with E-state index in [-0.39, 0.29) is 34.1 Å². The smallest absolute Gasteiger partial charge is 0.335 e. The highest BCUT2D eigenvalue weighted by molar-refractivity contribution is 7.89. The summed E-state index contributed by atoms with van der Waals surface area (Å²) in [7, 11) is -2.70. The Bertz CT molecular complexity index is 1430. The van der Waals surface area contributed by atoms with Crippen molar-refractivity contribution in [2.45, 2.75) is 36.8 Å². The van der Waals surface area contributed by atoms with E-state index in [4.69, 9.17) is 11.6 Å². The zero-order chi connectivity index (χ0) is 28.3. The Morgan fingerprint density at radius 3 is 2.45 bits per heavy atom. The standard InChI is InChI=1S/C27H29ClF2N2O5S/c1-27(2,14-17-7-8-24(28)25(30)9-17)31-15-22(33)16-32(3)38(36,37)23-6-4-5-18(13-23)19-10-20(26(34)35)12-21(29)11-19/h4-13,22,31,33H,14-16H2,1-3H3,(H,34,35). The molecule has 0 bridgehead atoms. The van der Waals surface area contributed by atoms with E-state index in [1.54, 1.807) is 12.1 Å². The minimum Gasteiger partial charge on any atom is -0.478 e. The Kier molecular flexibility index (Phi) is 9.27. The molecule has 1 unspecified atom stereocenters. The van der Waals surface area contributed by atoms with Gasteiger partial charge in [-0.1, -0.05) is 29.8 Å². The predicted octanol–water partition coefficient (Wildman–Crippen LogP) is 4.58. The van der Waals surface area contributed by atoms with Crippen molar-refractivity contribution >= 4 is 27.6 Å². The largest absolute Gasteiger partial charge is 0.478 e. The van der Waals surface area contributed by atoms with E-state index >= 15 is 0 Å². The van der Waals surface area contributed by atoms with Gasteiger partial charge in [0.1, 0.15) is 11.6 Å². The lowest BCUT2D eigenvalue weighted by molar-refractivity contribution is 0.0696. The third kappa shape index (κ3) is 7.58. The molecule has 1 atom stereocenters. The van der Waals surface area contributed by atoms with Crippen LogP contribution in [0.5, 0.6) is 0 Å². The van der Waals surface area contributed by atoms with Gasteiger partial charge in [-0.2, -0.15) is 4.31 Å². The molecule has 0 aliphatic rings. The Morgan fingerprint density at radius 2 is 1.79 bits per heavy atom. The van der Waals surface area contributed by atoms with Crippen LogP contribution >= 0.6 is 11.6 Å². The van der Waals surface area contributed by atoms with Gasteiger partial charge in [0.2, 0.25) is 10.0 Å². The Balaban J connectivity index is 1.67. The van der Waals surface area contributed by atoms with E-state index in [1.165, 1.54) is 43.4 Å². The number of benzene rings is 3. The van der Waals surface area contributed by atoms with E-state index in [0.717, 1.165) is 16.4 Å². The molecule has 0 saturated carbocycles. The highest BCUT2D eigenvalue weighted by Crippen LogP contribution is 2.26. The first-order valence-corrected chi connectivity index (χ1v) is 13.5. The first-order valence-electron chi connectivity index (χ1n) is 11.7. The number of likely N-dealkylation sites (N-methyl/N-ethyl adjacent to an activating group) is 1. The second-order valence-corrected chi connectivity index (χ2v) is 12.1. The van der Waals surface area contributed by atoms with Gasteiger partial charge in [0.25, 0.3) is 0 Å². The normalized spacial score (nSPS) is 13.1.